The molecule has 0 saturated carbocycles. The molecule has 4 nitrogen and oxygen atoms in total. The van der Waals surface area contributed by atoms with Crippen LogP contribution in [0.4, 0.5) is 0 Å². The van der Waals surface area contributed by atoms with Gasteiger partial charge in [-0.15, -0.1) is 11.3 Å². The van der Waals surface area contributed by atoms with E-state index in [0.29, 0.717) is 26.0 Å². The number of hydrogen-bond donors (Lipinski definition) is 2. The molecule has 1 rings (SSSR count). The maximum Gasteiger partial charge on any atom is 0.220 e. The van der Waals surface area contributed by atoms with E-state index in [1.54, 1.807) is 18.4 Å². The second-order valence-corrected chi connectivity index (χ2v) is 4.86. The van der Waals surface area contributed by atoms with Crippen LogP contribution in [0.15, 0.2) is 17.5 Å². The zero-order chi connectivity index (χ0) is 12.5. The van der Waals surface area contributed by atoms with Crippen LogP contribution in [0.5, 0.6) is 0 Å². The van der Waals surface area contributed by atoms with Crippen LogP contribution in [0.1, 0.15) is 17.7 Å². The zero-order valence-electron chi connectivity index (χ0n) is 10.0. The van der Waals surface area contributed by atoms with Crippen molar-refractivity contribution in [3.8, 4) is 0 Å². The van der Waals surface area contributed by atoms with Gasteiger partial charge in [0.2, 0.25) is 5.91 Å². The third-order valence-corrected chi connectivity index (χ3v) is 3.27. The molecule has 1 atom stereocenters. The molecular formula is C12H19NO3S. The van der Waals surface area contributed by atoms with E-state index in [-0.39, 0.29) is 5.91 Å². The minimum atomic E-state index is -0.502. The van der Waals surface area contributed by atoms with Crippen LogP contribution in [0, 0.1) is 0 Å². The smallest absolute Gasteiger partial charge is 0.220 e. The van der Waals surface area contributed by atoms with E-state index < -0.39 is 6.10 Å². The molecule has 0 aliphatic carbocycles. The van der Waals surface area contributed by atoms with Crippen molar-refractivity contribution in [3.63, 3.8) is 0 Å². The Balaban J connectivity index is 2.05. The normalized spacial score (nSPS) is 12.4. The first kappa shape index (κ1) is 14.2. The lowest BCUT2D eigenvalue weighted by Crippen LogP contribution is -2.28. The molecule has 0 fully saturated rings. The highest BCUT2D eigenvalue weighted by Gasteiger charge is 2.05. The van der Waals surface area contributed by atoms with Gasteiger partial charge in [0, 0.05) is 25.0 Å². The molecule has 1 amide bonds. The summed E-state index contributed by atoms with van der Waals surface area (Å²) < 4.78 is 4.80. The van der Waals surface area contributed by atoms with Crippen LogP contribution in [0.25, 0.3) is 0 Å². The minimum Gasteiger partial charge on any atom is -0.391 e. The molecule has 0 aromatic carbocycles. The Bertz CT molecular complexity index is 314. The van der Waals surface area contributed by atoms with Gasteiger partial charge >= 0.3 is 0 Å². The molecule has 1 unspecified atom stereocenters. The first-order valence-corrected chi connectivity index (χ1v) is 6.56. The molecule has 17 heavy (non-hydrogen) atoms. The summed E-state index contributed by atoms with van der Waals surface area (Å²) in [6, 6.07) is 4.01. The van der Waals surface area contributed by atoms with Crippen molar-refractivity contribution in [2.75, 3.05) is 20.3 Å². The van der Waals surface area contributed by atoms with Crippen molar-refractivity contribution < 1.29 is 14.6 Å². The lowest BCUT2D eigenvalue weighted by molar-refractivity contribution is -0.121. The minimum absolute atomic E-state index is 0.0306. The molecule has 0 bridgehead atoms. The lowest BCUT2D eigenvalue weighted by Gasteiger charge is -2.09. The van der Waals surface area contributed by atoms with Gasteiger partial charge < -0.3 is 15.2 Å². The summed E-state index contributed by atoms with van der Waals surface area (Å²) in [5.41, 5.74) is 0. The highest BCUT2D eigenvalue weighted by Crippen LogP contribution is 2.10. The van der Waals surface area contributed by atoms with Crippen molar-refractivity contribution in [3.05, 3.63) is 22.4 Å². The molecule has 0 saturated heterocycles. The number of methoxy groups -OCH3 is 1. The third kappa shape index (κ3) is 6.41. The van der Waals surface area contributed by atoms with E-state index in [1.165, 1.54) is 4.88 Å². The standard InChI is InChI=1S/C12H19NO3S/c1-16-9-10(14)6-7-13-12(15)5-4-11-3-2-8-17-11/h2-3,8,10,14H,4-7,9H2,1H3,(H,13,15). The predicted octanol–water partition coefficient (Wildman–Crippen LogP) is 1.19. The monoisotopic (exact) mass is 257 g/mol. The highest BCUT2D eigenvalue weighted by atomic mass is 32.1. The summed E-state index contributed by atoms with van der Waals surface area (Å²) in [6.45, 7) is 0.804. The molecule has 0 aliphatic heterocycles. The first-order valence-electron chi connectivity index (χ1n) is 5.68. The molecule has 1 heterocycles. The Hall–Kier alpha value is -0.910. The predicted molar refractivity (Wildman–Crippen MR) is 68.1 cm³/mol. The number of aliphatic hydroxyl groups excluding tert-OH is 1. The van der Waals surface area contributed by atoms with Crippen LogP contribution in [-0.2, 0) is 16.0 Å². The first-order chi connectivity index (χ1) is 8.22. The van der Waals surface area contributed by atoms with Gasteiger partial charge in [0.15, 0.2) is 0 Å². The fourth-order valence-corrected chi connectivity index (χ4v) is 2.14. The zero-order valence-corrected chi connectivity index (χ0v) is 10.8. The van der Waals surface area contributed by atoms with E-state index in [0.717, 1.165) is 6.42 Å². The summed E-state index contributed by atoms with van der Waals surface area (Å²) >= 11 is 1.66. The van der Waals surface area contributed by atoms with Crippen LogP contribution in [-0.4, -0.2) is 37.4 Å². The molecule has 2 N–H and O–H groups in total. The van der Waals surface area contributed by atoms with Crippen molar-refractivity contribution in [1.29, 1.82) is 0 Å². The lowest BCUT2D eigenvalue weighted by atomic mass is 10.2. The summed E-state index contributed by atoms with van der Waals surface area (Å²) in [5, 5.41) is 14.2. The van der Waals surface area contributed by atoms with Gasteiger partial charge in [-0.3, -0.25) is 4.79 Å². The molecule has 1 aromatic heterocycles. The van der Waals surface area contributed by atoms with Gasteiger partial charge in [0.05, 0.1) is 12.7 Å². The van der Waals surface area contributed by atoms with Crippen LogP contribution in [0.2, 0.25) is 0 Å². The number of carbonyl (C=O) groups is 1. The fraction of sp³-hybridized carbons (Fsp3) is 0.583. The average Bonchev–Trinajstić information content (AvgIpc) is 2.79. The van der Waals surface area contributed by atoms with Crippen LogP contribution in [0.3, 0.4) is 0 Å². The largest absolute Gasteiger partial charge is 0.391 e. The Morgan fingerprint density at radius 1 is 1.65 bits per heavy atom. The molecule has 0 radical (unpaired) electrons. The van der Waals surface area contributed by atoms with Gasteiger partial charge in [-0.05, 0) is 24.3 Å². The van der Waals surface area contributed by atoms with Gasteiger partial charge in [0.25, 0.3) is 0 Å². The summed E-state index contributed by atoms with van der Waals surface area (Å²) in [4.78, 5) is 12.7. The van der Waals surface area contributed by atoms with Gasteiger partial charge in [-0.2, -0.15) is 0 Å². The number of hydrogen-bond acceptors (Lipinski definition) is 4. The molecule has 1 aromatic rings. The van der Waals surface area contributed by atoms with Crippen molar-refractivity contribution in [2.45, 2.75) is 25.4 Å². The number of nitrogens with one attached hydrogen (secondary N) is 1. The number of aryl methyl sites for hydroxylation is 1. The fourth-order valence-electron chi connectivity index (χ4n) is 1.43. The van der Waals surface area contributed by atoms with Crippen LogP contribution >= 0.6 is 11.3 Å². The Kier molecular flexibility index (Phi) is 6.84. The van der Waals surface area contributed by atoms with Crippen molar-refractivity contribution in [1.82, 2.24) is 5.32 Å². The maximum absolute atomic E-state index is 11.5. The van der Waals surface area contributed by atoms with Crippen molar-refractivity contribution >= 4 is 17.2 Å². The van der Waals surface area contributed by atoms with E-state index >= 15 is 0 Å². The van der Waals surface area contributed by atoms with Gasteiger partial charge in [-0.1, -0.05) is 6.07 Å². The summed E-state index contributed by atoms with van der Waals surface area (Å²) in [6.07, 6.45) is 1.31. The SMILES string of the molecule is COCC(O)CCNC(=O)CCc1cccs1. The number of thiophene rings is 1. The van der Waals surface area contributed by atoms with E-state index in [9.17, 15) is 9.90 Å². The second kappa shape index (κ2) is 8.22. The van der Waals surface area contributed by atoms with Gasteiger partial charge in [0.1, 0.15) is 0 Å². The Labute approximate surface area is 106 Å². The molecule has 0 aliphatic rings. The molecule has 96 valence electrons. The van der Waals surface area contributed by atoms with Crippen molar-refractivity contribution in [2.24, 2.45) is 0 Å². The number of rotatable bonds is 8. The topological polar surface area (TPSA) is 58.6 Å². The quantitative estimate of drug-likeness (QED) is 0.735. The van der Waals surface area contributed by atoms with E-state index in [4.69, 9.17) is 4.74 Å². The van der Waals surface area contributed by atoms with Crippen LogP contribution < -0.4 is 5.32 Å². The third-order valence-electron chi connectivity index (χ3n) is 2.34. The number of ether oxygens (including phenoxy) is 1. The highest BCUT2D eigenvalue weighted by molar-refractivity contribution is 7.09. The molecular weight excluding hydrogens is 238 g/mol. The molecule has 0 spiro atoms. The number of aliphatic hydroxyl groups is 1. The molecule has 5 heteroatoms. The average molecular weight is 257 g/mol. The summed E-state index contributed by atoms with van der Waals surface area (Å²) in [7, 11) is 1.54. The summed E-state index contributed by atoms with van der Waals surface area (Å²) in [5.74, 6) is 0.0306. The second-order valence-electron chi connectivity index (χ2n) is 3.83. The van der Waals surface area contributed by atoms with Gasteiger partial charge in [-0.25, -0.2) is 0 Å². The van der Waals surface area contributed by atoms with E-state index in [1.807, 2.05) is 17.5 Å². The number of amides is 1. The number of carbonyl (C=O) groups excluding carboxylic acids is 1. The Morgan fingerprint density at radius 3 is 3.12 bits per heavy atom. The maximum atomic E-state index is 11.5. The van der Waals surface area contributed by atoms with E-state index in [2.05, 4.69) is 5.32 Å². The Morgan fingerprint density at radius 2 is 2.47 bits per heavy atom.